The third kappa shape index (κ3) is 5.69. The molecule has 0 aliphatic rings. The van der Waals surface area contributed by atoms with Crippen LogP contribution in [0, 0.1) is 5.82 Å². The topological polar surface area (TPSA) is 66.6 Å². The minimum atomic E-state index is -1.17. The van der Waals surface area contributed by atoms with E-state index < -0.39 is 11.8 Å². The quantitative estimate of drug-likeness (QED) is 0.806. The van der Waals surface area contributed by atoms with Crippen molar-refractivity contribution in [3.05, 3.63) is 35.8 Å². The first-order chi connectivity index (χ1) is 11.0. The molecule has 0 fully saturated rings. The summed E-state index contributed by atoms with van der Waals surface area (Å²) < 4.78 is 18.5. The first-order valence-corrected chi connectivity index (χ1v) is 8.23. The fourth-order valence-corrected chi connectivity index (χ4v) is 2.55. The van der Waals surface area contributed by atoms with E-state index in [4.69, 9.17) is 4.42 Å². The zero-order valence-corrected chi connectivity index (χ0v) is 14.5. The van der Waals surface area contributed by atoms with Gasteiger partial charge in [-0.2, -0.15) is 4.98 Å². The normalized spacial score (nSPS) is 10.3. The number of aromatic nitrogens is 1. The Kier molecular flexibility index (Phi) is 7.77. The second-order valence-electron chi connectivity index (χ2n) is 4.62. The van der Waals surface area contributed by atoms with E-state index in [0.29, 0.717) is 10.8 Å². The number of carboxylic acid groups (broad SMARTS) is 1. The van der Waals surface area contributed by atoms with Crippen molar-refractivity contribution in [2.24, 2.45) is 0 Å². The second kappa shape index (κ2) is 9.32. The Bertz CT molecular complexity index is 627. The number of benzene rings is 1. The lowest BCUT2D eigenvalue weighted by molar-refractivity contribution is 0.0691. The Hall–Kier alpha value is -1.86. The zero-order chi connectivity index (χ0) is 17.4. The van der Waals surface area contributed by atoms with E-state index in [1.165, 1.54) is 36.0 Å². The van der Waals surface area contributed by atoms with Gasteiger partial charge in [0.1, 0.15) is 5.82 Å². The first-order valence-electron chi connectivity index (χ1n) is 7.25. The third-order valence-corrected chi connectivity index (χ3v) is 3.49. The standard InChI is InChI=1S/C14H15FN2O3S.C2H6/c1-17(2)7-8-21-14-16-11(13(18)19)12(20-14)9-3-5-10(15)6-4-9;1-2/h3-6H,7-8H2,1-2H3,(H,18,19);1-2H3. The van der Waals surface area contributed by atoms with Gasteiger partial charge in [0, 0.05) is 17.9 Å². The Morgan fingerprint density at radius 1 is 1.30 bits per heavy atom. The maximum atomic E-state index is 12.9. The molecule has 0 saturated heterocycles. The minimum Gasteiger partial charge on any atom is -0.476 e. The van der Waals surface area contributed by atoms with Crippen molar-refractivity contribution in [2.75, 3.05) is 26.4 Å². The maximum Gasteiger partial charge on any atom is 0.358 e. The van der Waals surface area contributed by atoms with Crippen molar-refractivity contribution in [3.63, 3.8) is 0 Å². The number of thioether (sulfide) groups is 1. The molecule has 0 saturated carbocycles. The molecule has 0 amide bonds. The molecule has 0 aliphatic carbocycles. The Morgan fingerprint density at radius 3 is 2.43 bits per heavy atom. The summed E-state index contributed by atoms with van der Waals surface area (Å²) in [4.78, 5) is 17.2. The van der Waals surface area contributed by atoms with E-state index in [2.05, 4.69) is 4.98 Å². The molecule has 0 unspecified atom stereocenters. The summed E-state index contributed by atoms with van der Waals surface area (Å²) in [7, 11) is 3.89. The molecule has 2 aromatic rings. The number of halogens is 1. The summed E-state index contributed by atoms with van der Waals surface area (Å²) in [6, 6.07) is 5.44. The summed E-state index contributed by atoms with van der Waals surface area (Å²) in [5.41, 5.74) is 0.328. The van der Waals surface area contributed by atoms with Gasteiger partial charge in [0.25, 0.3) is 5.22 Å². The van der Waals surface area contributed by atoms with Crippen LogP contribution in [0.5, 0.6) is 0 Å². The van der Waals surface area contributed by atoms with Gasteiger partial charge in [-0.1, -0.05) is 25.6 Å². The van der Waals surface area contributed by atoms with E-state index in [-0.39, 0.29) is 11.5 Å². The second-order valence-corrected chi connectivity index (χ2v) is 5.67. The summed E-state index contributed by atoms with van der Waals surface area (Å²) >= 11 is 1.34. The molecule has 0 spiro atoms. The lowest BCUT2D eigenvalue weighted by Gasteiger charge is -2.06. The molecule has 0 atom stereocenters. The van der Waals surface area contributed by atoms with Crippen molar-refractivity contribution in [2.45, 2.75) is 19.1 Å². The summed E-state index contributed by atoms with van der Waals surface area (Å²) in [5.74, 6) is -0.682. The highest BCUT2D eigenvalue weighted by atomic mass is 32.2. The van der Waals surface area contributed by atoms with Crippen LogP contribution in [0.15, 0.2) is 33.9 Å². The summed E-state index contributed by atoms with van der Waals surface area (Å²) in [6.45, 7) is 4.82. The van der Waals surface area contributed by atoms with Gasteiger partial charge in [-0.25, -0.2) is 9.18 Å². The number of nitrogens with zero attached hydrogens (tertiary/aromatic N) is 2. The monoisotopic (exact) mass is 340 g/mol. The number of carboxylic acids is 1. The lowest BCUT2D eigenvalue weighted by Crippen LogP contribution is -2.14. The van der Waals surface area contributed by atoms with Crippen LogP contribution >= 0.6 is 11.8 Å². The van der Waals surface area contributed by atoms with Gasteiger partial charge in [0.2, 0.25) is 0 Å². The van der Waals surface area contributed by atoms with E-state index in [0.717, 1.165) is 12.3 Å². The summed E-state index contributed by atoms with van der Waals surface area (Å²) in [5, 5.41) is 9.49. The van der Waals surface area contributed by atoms with E-state index in [1.807, 2.05) is 32.8 Å². The van der Waals surface area contributed by atoms with Gasteiger partial charge >= 0.3 is 5.97 Å². The van der Waals surface area contributed by atoms with Gasteiger partial charge in [-0.3, -0.25) is 0 Å². The van der Waals surface area contributed by atoms with Gasteiger partial charge in [0.05, 0.1) is 0 Å². The number of aromatic carboxylic acids is 1. The Morgan fingerprint density at radius 2 is 1.91 bits per heavy atom. The smallest absolute Gasteiger partial charge is 0.358 e. The molecule has 1 heterocycles. The molecular formula is C16H21FN2O3S. The predicted octanol–water partition coefficient (Wildman–Crippen LogP) is 3.86. The molecule has 2 rings (SSSR count). The average molecular weight is 340 g/mol. The SMILES string of the molecule is CC.CN(C)CCSc1nc(C(=O)O)c(-c2ccc(F)cc2)o1. The van der Waals surface area contributed by atoms with Crippen LogP contribution in [0.3, 0.4) is 0 Å². The number of oxazole rings is 1. The lowest BCUT2D eigenvalue weighted by atomic mass is 10.1. The molecule has 7 heteroatoms. The zero-order valence-electron chi connectivity index (χ0n) is 13.7. The number of hydrogen-bond acceptors (Lipinski definition) is 5. The molecule has 1 aromatic carbocycles. The van der Waals surface area contributed by atoms with Crippen molar-refractivity contribution < 1.29 is 18.7 Å². The maximum absolute atomic E-state index is 12.9. The average Bonchev–Trinajstić information content (AvgIpc) is 2.94. The molecule has 0 radical (unpaired) electrons. The first kappa shape index (κ1) is 19.2. The molecule has 0 bridgehead atoms. The molecule has 0 aliphatic heterocycles. The minimum absolute atomic E-state index is 0.148. The largest absolute Gasteiger partial charge is 0.476 e. The molecule has 1 aromatic heterocycles. The fraction of sp³-hybridized carbons (Fsp3) is 0.375. The van der Waals surface area contributed by atoms with Crippen LogP contribution in [0.4, 0.5) is 4.39 Å². The van der Waals surface area contributed by atoms with Crippen LogP contribution in [0.25, 0.3) is 11.3 Å². The fourth-order valence-electron chi connectivity index (χ4n) is 1.62. The molecule has 5 nitrogen and oxygen atoms in total. The number of carbonyl (C=O) groups is 1. The van der Waals surface area contributed by atoms with Crippen molar-refractivity contribution in [1.82, 2.24) is 9.88 Å². The molecule has 23 heavy (non-hydrogen) atoms. The van der Waals surface area contributed by atoms with Gasteiger partial charge < -0.3 is 14.4 Å². The predicted molar refractivity (Wildman–Crippen MR) is 89.5 cm³/mol. The van der Waals surface area contributed by atoms with E-state index in [9.17, 15) is 14.3 Å². The molecule has 1 N–H and O–H groups in total. The molecular weight excluding hydrogens is 319 g/mol. The highest BCUT2D eigenvalue weighted by Gasteiger charge is 2.21. The Balaban J connectivity index is 0.00000127. The van der Waals surface area contributed by atoms with Crippen LogP contribution < -0.4 is 0 Å². The van der Waals surface area contributed by atoms with Crippen molar-refractivity contribution in [1.29, 1.82) is 0 Å². The van der Waals surface area contributed by atoms with Gasteiger partial charge in [-0.15, -0.1) is 0 Å². The van der Waals surface area contributed by atoms with Gasteiger partial charge in [0.15, 0.2) is 11.5 Å². The highest BCUT2D eigenvalue weighted by molar-refractivity contribution is 7.99. The van der Waals surface area contributed by atoms with E-state index in [1.54, 1.807) is 0 Å². The van der Waals surface area contributed by atoms with Gasteiger partial charge in [-0.05, 0) is 38.4 Å². The van der Waals surface area contributed by atoms with Crippen LogP contribution in [0.2, 0.25) is 0 Å². The van der Waals surface area contributed by atoms with Crippen LogP contribution in [0.1, 0.15) is 24.3 Å². The van der Waals surface area contributed by atoms with Crippen LogP contribution in [-0.4, -0.2) is 47.4 Å². The van der Waals surface area contributed by atoms with E-state index >= 15 is 0 Å². The highest BCUT2D eigenvalue weighted by Crippen LogP contribution is 2.29. The third-order valence-electron chi connectivity index (χ3n) is 2.68. The van der Waals surface area contributed by atoms with Crippen molar-refractivity contribution >= 4 is 17.7 Å². The molecule has 126 valence electrons. The Labute approximate surface area is 139 Å². The number of rotatable bonds is 6. The van der Waals surface area contributed by atoms with Crippen LogP contribution in [-0.2, 0) is 0 Å². The summed E-state index contributed by atoms with van der Waals surface area (Å²) in [6.07, 6.45) is 0. The number of hydrogen-bond donors (Lipinski definition) is 1. The van der Waals surface area contributed by atoms with Crippen molar-refractivity contribution in [3.8, 4) is 11.3 Å².